The van der Waals surface area contributed by atoms with Crippen LogP contribution in [0.3, 0.4) is 0 Å². The van der Waals surface area contributed by atoms with Gasteiger partial charge in [-0.05, 0) is 24.6 Å². The molecule has 76 valence electrons. The molecule has 0 spiro atoms. The smallest absolute Gasteiger partial charge is 0.230 e. The summed E-state index contributed by atoms with van der Waals surface area (Å²) in [6.07, 6.45) is 0. The molecule has 2 nitrogen and oxygen atoms in total. The first-order valence-electron chi connectivity index (χ1n) is 4.25. The van der Waals surface area contributed by atoms with Crippen molar-refractivity contribution in [2.45, 2.75) is 17.9 Å². The Hall–Kier alpha value is -0.670. The van der Waals surface area contributed by atoms with Crippen molar-refractivity contribution in [1.82, 2.24) is 0 Å². The summed E-state index contributed by atoms with van der Waals surface area (Å²) in [4.78, 5) is 10.8. The number of thioether (sulfide) groups is 1. The normalized spacial score (nSPS) is 12.4. The van der Waals surface area contributed by atoms with Gasteiger partial charge >= 0.3 is 0 Å². The van der Waals surface area contributed by atoms with E-state index in [0.717, 1.165) is 16.3 Å². The fraction of sp³-hybridized carbons (Fsp3) is 0.300. The van der Waals surface area contributed by atoms with E-state index >= 15 is 0 Å². The van der Waals surface area contributed by atoms with Crippen LogP contribution in [0.25, 0.3) is 0 Å². The summed E-state index contributed by atoms with van der Waals surface area (Å²) in [5.74, 6) is 0.505. The largest absolute Gasteiger partial charge is 0.369 e. The second-order valence-electron chi connectivity index (χ2n) is 2.98. The first kappa shape index (κ1) is 11.4. The molecule has 1 aromatic rings. The predicted octanol–water partition coefficient (Wildman–Crippen LogP) is 2.45. The molecule has 2 N–H and O–H groups in total. The lowest BCUT2D eigenvalue weighted by molar-refractivity contribution is -0.117. The molecule has 0 aromatic heterocycles. The molecule has 0 radical (unpaired) electrons. The number of carbonyl (C=O) groups excluding carboxylic acids is 1. The van der Waals surface area contributed by atoms with Crippen molar-refractivity contribution in [2.75, 3.05) is 0 Å². The van der Waals surface area contributed by atoms with E-state index in [1.807, 2.05) is 31.2 Å². The highest BCUT2D eigenvalue weighted by Gasteiger charge is 2.08. The van der Waals surface area contributed by atoms with Crippen LogP contribution >= 0.6 is 23.4 Å². The number of halogens is 1. The van der Waals surface area contributed by atoms with E-state index in [4.69, 9.17) is 17.3 Å². The van der Waals surface area contributed by atoms with Gasteiger partial charge in [0.2, 0.25) is 5.91 Å². The topological polar surface area (TPSA) is 43.1 Å². The highest BCUT2D eigenvalue weighted by atomic mass is 35.5. The van der Waals surface area contributed by atoms with Gasteiger partial charge in [-0.15, -0.1) is 11.8 Å². The molecule has 0 fully saturated rings. The summed E-state index contributed by atoms with van der Waals surface area (Å²) in [6, 6.07) is 7.57. The lowest BCUT2D eigenvalue weighted by Crippen LogP contribution is -2.22. The molecule has 0 saturated carbocycles. The lowest BCUT2D eigenvalue weighted by atomic mass is 10.2. The van der Waals surface area contributed by atoms with Gasteiger partial charge in [-0.25, -0.2) is 0 Å². The molecular weight excluding hydrogens is 218 g/mol. The van der Waals surface area contributed by atoms with Crippen molar-refractivity contribution in [3.8, 4) is 0 Å². The van der Waals surface area contributed by atoms with Crippen LogP contribution in [0.5, 0.6) is 0 Å². The molecule has 1 unspecified atom stereocenters. The Morgan fingerprint density at radius 1 is 1.50 bits per heavy atom. The summed E-state index contributed by atoms with van der Waals surface area (Å²) in [5, 5.41) is 0.576. The Kier molecular flexibility index (Phi) is 4.29. The fourth-order valence-corrected chi connectivity index (χ4v) is 1.81. The quantitative estimate of drug-likeness (QED) is 0.862. The number of nitrogens with two attached hydrogens (primary N) is 1. The van der Waals surface area contributed by atoms with Gasteiger partial charge in [-0.1, -0.05) is 23.7 Å². The summed E-state index contributed by atoms with van der Waals surface area (Å²) < 4.78 is 0. The number of hydrogen-bond acceptors (Lipinski definition) is 2. The van der Waals surface area contributed by atoms with Crippen LogP contribution in [0.4, 0.5) is 0 Å². The van der Waals surface area contributed by atoms with Gasteiger partial charge in [0.15, 0.2) is 0 Å². The maximum Gasteiger partial charge on any atom is 0.230 e. The summed E-state index contributed by atoms with van der Waals surface area (Å²) in [7, 11) is 0. The number of benzene rings is 1. The molecule has 1 amide bonds. The van der Waals surface area contributed by atoms with E-state index in [1.54, 1.807) is 0 Å². The van der Waals surface area contributed by atoms with Gasteiger partial charge in [0.05, 0.1) is 5.25 Å². The van der Waals surface area contributed by atoms with Crippen LogP contribution in [0, 0.1) is 0 Å². The molecular formula is C10H12ClNOS. The zero-order chi connectivity index (χ0) is 10.6. The van der Waals surface area contributed by atoms with Gasteiger partial charge in [-0.3, -0.25) is 4.79 Å². The Labute approximate surface area is 92.8 Å². The molecule has 0 bridgehead atoms. The van der Waals surface area contributed by atoms with E-state index in [0.29, 0.717) is 0 Å². The second-order valence-corrected chi connectivity index (χ2v) is 4.75. The number of amides is 1. The highest BCUT2D eigenvalue weighted by Crippen LogP contribution is 2.18. The number of hydrogen-bond donors (Lipinski definition) is 1. The van der Waals surface area contributed by atoms with Crippen LogP contribution < -0.4 is 5.73 Å². The third-order valence-electron chi connectivity index (χ3n) is 1.81. The first-order valence-corrected chi connectivity index (χ1v) is 5.67. The van der Waals surface area contributed by atoms with Gasteiger partial charge in [0, 0.05) is 10.8 Å². The monoisotopic (exact) mass is 229 g/mol. The number of rotatable bonds is 4. The molecule has 0 aliphatic rings. The molecule has 0 heterocycles. The van der Waals surface area contributed by atoms with Crippen LogP contribution in [0.2, 0.25) is 5.02 Å². The number of carbonyl (C=O) groups is 1. The Balaban J connectivity index is 2.46. The van der Waals surface area contributed by atoms with E-state index in [9.17, 15) is 4.79 Å². The zero-order valence-corrected chi connectivity index (χ0v) is 9.44. The summed E-state index contributed by atoms with van der Waals surface area (Å²) in [5.41, 5.74) is 6.29. The van der Waals surface area contributed by atoms with E-state index in [1.165, 1.54) is 11.8 Å². The van der Waals surface area contributed by atoms with Crippen molar-refractivity contribution in [2.24, 2.45) is 5.73 Å². The van der Waals surface area contributed by atoms with Crippen LogP contribution in [0.1, 0.15) is 12.5 Å². The molecule has 1 rings (SSSR count). The van der Waals surface area contributed by atoms with Crippen LogP contribution in [-0.4, -0.2) is 11.2 Å². The number of primary amides is 1. The minimum Gasteiger partial charge on any atom is -0.369 e. The Morgan fingerprint density at radius 3 is 2.57 bits per heavy atom. The molecule has 14 heavy (non-hydrogen) atoms. The first-order chi connectivity index (χ1) is 6.59. The van der Waals surface area contributed by atoms with Crippen LogP contribution in [0.15, 0.2) is 24.3 Å². The lowest BCUT2D eigenvalue weighted by Gasteiger charge is -2.06. The Morgan fingerprint density at radius 2 is 2.07 bits per heavy atom. The van der Waals surface area contributed by atoms with E-state index < -0.39 is 0 Å². The van der Waals surface area contributed by atoms with Gasteiger partial charge < -0.3 is 5.73 Å². The SMILES string of the molecule is CC(SCc1ccc(Cl)cc1)C(N)=O. The molecule has 0 aliphatic heterocycles. The highest BCUT2D eigenvalue weighted by molar-refractivity contribution is 7.99. The third-order valence-corrected chi connectivity index (χ3v) is 3.30. The average molecular weight is 230 g/mol. The second kappa shape index (κ2) is 5.27. The molecule has 1 atom stereocenters. The van der Waals surface area contributed by atoms with E-state index in [2.05, 4.69) is 0 Å². The summed E-state index contributed by atoms with van der Waals surface area (Å²) >= 11 is 7.27. The van der Waals surface area contributed by atoms with Crippen molar-refractivity contribution < 1.29 is 4.79 Å². The molecule has 1 aromatic carbocycles. The molecule has 4 heteroatoms. The van der Waals surface area contributed by atoms with Gasteiger partial charge in [-0.2, -0.15) is 0 Å². The van der Waals surface area contributed by atoms with E-state index in [-0.39, 0.29) is 11.2 Å². The summed E-state index contributed by atoms with van der Waals surface area (Å²) in [6.45, 7) is 1.81. The minimum atomic E-state index is -0.274. The standard InChI is InChI=1S/C10H12ClNOS/c1-7(10(12)13)14-6-8-2-4-9(11)5-3-8/h2-5,7H,6H2,1H3,(H2,12,13). The maximum absolute atomic E-state index is 10.8. The molecule has 0 saturated heterocycles. The maximum atomic E-state index is 10.8. The van der Waals surface area contributed by atoms with Gasteiger partial charge in [0.1, 0.15) is 0 Å². The van der Waals surface area contributed by atoms with Crippen molar-refractivity contribution in [3.63, 3.8) is 0 Å². The van der Waals surface area contributed by atoms with Crippen molar-refractivity contribution in [3.05, 3.63) is 34.9 Å². The average Bonchev–Trinajstić information content (AvgIpc) is 2.16. The predicted molar refractivity (Wildman–Crippen MR) is 61.4 cm³/mol. The van der Waals surface area contributed by atoms with Crippen molar-refractivity contribution in [1.29, 1.82) is 0 Å². The fourth-order valence-electron chi connectivity index (χ4n) is 0.884. The zero-order valence-electron chi connectivity index (χ0n) is 7.87. The van der Waals surface area contributed by atoms with Gasteiger partial charge in [0.25, 0.3) is 0 Å². The Bertz CT molecular complexity index is 312. The van der Waals surface area contributed by atoms with Crippen molar-refractivity contribution >= 4 is 29.3 Å². The van der Waals surface area contributed by atoms with Crippen LogP contribution in [-0.2, 0) is 10.5 Å². The third kappa shape index (κ3) is 3.60. The molecule has 0 aliphatic carbocycles. The minimum absolute atomic E-state index is 0.148.